The van der Waals surface area contributed by atoms with Crippen molar-refractivity contribution in [2.75, 3.05) is 6.54 Å². The third-order valence-electron chi connectivity index (χ3n) is 1.70. The van der Waals surface area contributed by atoms with Crippen LogP contribution < -0.4 is 5.73 Å². The molecule has 3 N–H and O–H groups in total. The van der Waals surface area contributed by atoms with Gasteiger partial charge in [0.1, 0.15) is 5.75 Å². The van der Waals surface area contributed by atoms with Crippen molar-refractivity contribution < 1.29 is 5.11 Å². The van der Waals surface area contributed by atoms with Crippen LogP contribution in [0.25, 0.3) is 6.08 Å². The number of rotatable bonds is 2. The Morgan fingerprint density at radius 2 is 2.25 bits per heavy atom. The molecule has 0 aliphatic heterocycles. The number of benzene rings is 1. The summed E-state index contributed by atoms with van der Waals surface area (Å²) < 4.78 is 0. The third kappa shape index (κ3) is 2.10. The molecule has 1 rings (SSSR count). The largest absolute Gasteiger partial charge is 0.508 e. The quantitative estimate of drug-likeness (QED) is 0.696. The van der Waals surface area contributed by atoms with Gasteiger partial charge in [0, 0.05) is 6.54 Å². The molecule has 0 aromatic heterocycles. The predicted octanol–water partition coefficient (Wildman–Crippen LogP) is 1.67. The highest BCUT2D eigenvalue weighted by atomic mass is 16.3. The molecule has 0 amide bonds. The third-order valence-corrected chi connectivity index (χ3v) is 1.70. The van der Waals surface area contributed by atoms with Crippen LogP contribution >= 0.6 is 0 Å². The molecular weight excluding hydrogens is 150 g/mol. The van der Waals surface area contributed by atoms with Crippen molar-refractivity contribution in [2.24, 2.45) is 5.73 Å². The standard InChI is InChI=1S/C10H13NO/c1-8-4-5-10(12)7-9(8)3-2-6-11/h2-5,7,12H,6,11H2,1H3. The van der Waals surface area contributed by atoms with Gasteiger partial charge >= 0.3 is 0 Å². The molecule has 2 heteroatoms. The Morgan fingerprint density at radius 1 is 1.50 bits per heavy atom. The van der Waals surface area contributed by atoms with Crippen molar-refractivity contribution in [3.05, 3.63) is 35.4 Å². The van der Waals surface area contributed by atoms with Gasteiger partial charge in [-0.25, -0.2) is 0 Å². The van der Waals surface area contributed by atoms with Gasteiger partial charge in [0.15, 0.2) is 0 Å². The lowest BCUT2D eigenvalue weighted by atomic mass is 10.1. The zero-order chi connectivity index (χ0) is 8.97. The highest BCUT2D eigenvalue weighted by Crippen LogP contribution is 2.16. The van der Waals surface area contributed by atoms with Crippen LogP contribution in [0.4, 0.5) is 0 Å². The molecule has 1 aromatic carbocycles. The summed E-state index contributed by atoms with van der Waals surface area (Å²) in [5, 5.41) is 9.17. The Labute approximate surface area is 72.3 Å². The Morgan fingerprint density at radius 3 is 2.92 bits per heavy atom. The molecule has 0 bridgehead atoms. The minimum absolute atomic E-state index is 0.289. The lowest BCUT2D eigenvalue weighted by Crippen LogP contribution is -1.92. The van der Waals surface area contributed by atoms with E-state index in [2.05, 4.69) is 0 Å². The van der Waals surface area contributed by atoms with E-state index >= 15 is 0 Å². The molecular formula is C10H13NO. The zero-order valence-electron chi connectivity index (χ0n) is 7.12. The second-order valence-electron chi connectivity index (χ2n) is 2.68. The van der Waals surface area contributed by atoms with E-state index in [1.807, 2.05) is 25.1 Å². The van der Waals surface area contributed by atoms with Gasteiger partial charge in [0.25, 0.3) is 0 Å². The molecule has 0 fully saturated rings. The minimum atomic E-state index is 0.289. The van der Waals surface area contributed by atoms with E-state index in [1.54, 1.807) is 12.1 Å². The van der Waals surface area contributed by atoms with Gasteiger partial charge in [-0.15, -0.1) is 0 Å². The second-order valence-corrected chi connectivity index (χ2v) is 2.68. The minimum Gasteiger partial charge on any atom is -0.508 e. The molecule has 12 heavy (non-hydrogen) atoms. The number of phenols is 1. The SMILES string of the molecule is Cc1ccc(O)cc1C=CCN. The van der Waals surface area contributed by atoms with E-state index in [0.717, 1.165) is 11.1 Å². The average Bonchev–Trinajstić information content (AvgIpc) is 2.07. The fraction of sp³-hybridized carbons (Fsp3) is 0.200. The van der Waals surface area contributed by atoms with E-state index < -0.39 is 0 Å². The molecule has 2 nitrogen and oxygen atoms in total. The van der Waals surface area contributed by atoms with Gasteiger partial charge in [-0.3, -0.25) is 0 Å². The van der Waals surface area contributed by atoms with Crippen LogP contribution in [-0.2, 0) is 0 Å². The Balaban J connectivity index is 2.97. The number of phenolic OH excluding ortho intramolecular Hbond substituents is 1. The van der Waals surface area contributed by atoms with E-state index in [9.17, 15) is 5.11 Å². The van der Waals surface area contributed by atoms with Gasteiger partial charge in [0.05, 0.1) is 0 Å². The predicted molar refractivity (Wildman–Crippen MR) is 50.9 cm³/mol. The van der Waals surface area contributed by atoms with Crippen LogP contribution in [0.2, 0.25) is 0 Å². The summed E-state index contributed by atoms with van der Waals surface area (Å²) in [6.07, 6.45) is 3.77. The summed E-state index contributed by atoms with van der Waals surface area (Å²) in [5.41, 5.74) is 7.47. The van der Waals surface area contributed by atoms with Gasteiger partial charge in [-0.2, -0.15) is 0 Å². The van der Waals surface area contributed by atoms with Crippen LogP contribution in [0.1, 0.15) is 11.1 Å². The van der Waals surface area contributed by atoms with Crippen LogP contribution in [0, 0.1) is 6.92 Å². The first-order chi connectivity index (χ1) is 5.74. The zero-order valence-corrected chi connectivity index (χ0v) is 7.12. The van der Waals surface area contributed by atoms with E-state index in [4.69, 9.17) is 5.73 Å². The molecule has 0 spiro atoms. The van der Waals surface area contributed by atoms with Crippen molar-refractivity contribution in [1.29, 1.82) is 0 Å². The van der Waals surface area contributed by atoms with Crippen molar-refractivity contribution in [3.63, 3.8) is 0 Å². The monoisotopic (exact) mass is 163 g/mol. The summed E-state index contributed by atoms with van der Waals surface area (Å²) in [4.78, 5) is 0. The number of aromatic hydroxyl groups is 1. The highest BCUT2D eigenvalue weighted by molar-refractivity contribution is 5.55. The fourth-order valence-electron chi connectivity index (χ4n) is 1.00. The van der Waals surface area contributed by atoms with E-state index in [-0.39, 0.29) is 5.75 Å². The molecule has 0 saturated carbocycles. The van der Waals surface area contributed by atoms with Crippen LogP contribution in [0.5, 0.6) is 5.75 Å². The molecule has 0 unspecified atom stereocenters. The summed E-state index contributed by atoms with van der Waals surface area (Å²) >= 11 is 0. The molecule has 64 valence electrons. The number of hydrogen-bond donors (Lipinski definition) is 2. The van der Waals surface area contributed by atoms with E-state index in [1.165, 1.54) is 0 Å². The first-order valence-corrected chi connectivity index (χ1v) is 3.90. The molecule has 0 aliphatic carbocycles. The highest BCUT2D eigenvalue weighted by Gasteiger charge is 1.94. The van der Waals surface area contributed by atoms with Gasteiger partial charge < -0.3 is 10.8 Å². The Hall–Kier alpha value is -1.28. The smallest absolute Gasteiger partial charge is 0.116 e. The summed E-state index contributed by atoms with van der Waals surface area (Å²) in [6, 6.07) is 5.28. The number of aryl methyl sites for hydroxylation is 1. The summed E-state index contributed by atoms with van der Waals surface area (Å²) in [5.74, 6) is 0.289. The lowest BCUT2D eigenvalue weighted by molar-refractivity contribution is 0.475. The van der Waals surface area contributed by atoms with Crippen molar-refractivity contribution in [1.82, 2.24) is 0 Å². The molecule has 0 radical (unpaired) electrons. The summed E-state index contributed by atoms with van der Waals surface area (Å²) in [6.45, 7) is 2.52. The maximum absolute atomic E-state index is 9.17. The fourth-order valence-corrected chi connectivity index (χ4v) is 1.00. The lowest BCUT2D eigenvalue weighted by Gasteiger charge is -1.99. The van der Waals surface area contributed by atoms with Crippen molar-refractivity contribution >= 4 is 6.08 Å². The maximum atomic E-state index is 9.17. The molecule has 0 heterocycles. The van der Waals surface area contributed by atoms with Crippen LogP contribution in [0.3, 0.4) is 0 Å². The Bertz CT molecular complexity index is 292. The maximum Gasteiger partial charge on any atom is 0.116 e. The van der Waals surface area contributed by atoms with Gasteiger partial charge in [-0.1, -0.05) is 18.2 Å². The first kappa shape index (κ1) is 8.81. The average molecular weight is 163 g/mol. The first-order valence-electron chi connectivity index (χ1n) is 3.90. The van der Waals surface area contributed by atoms with Gasteiger partial charge in [-0.05, 0) is 30.2 Å². The molecule has 0 atom stereocenters. The van der Waals surface area contributed by atoms with Crippen molar-refractivity contribution in [2.45, 2.75) is 6.92 Å². The second kappa shape index (κ2) is 3.93. The Kier molecular flexibility index (Phi) is 2.88. The van der Waals surface area contributed by atoms with Crippen molar-refractivity contribution in [3.8, 4) is 5.75 Å². The topological polar surface area (TPSA) is 46.2 Å². The van der Waals surface area contributed by atoms with Crippen LogP contribution in [-0.4, -0.2) is 11.7 Å². The molecule has 0 aliphatic rings. The van der Waals surface area contributed by atoms with E-state index in [0.29, 0.717) is 6.54 Å². The number of nitrogens with two attached hydrogens (primary N) is 1. The molecule has 1 aromatic rings. The van der Waals surface area contributed by atoms with Crippen LogP contribution in [0.15, 0.2) is 24.3 Å². The number of hydrogen-bond acceptors (Lipinski definition) is 2. The molecule has 0 saturated heterocycles. The summed E-state index contributed by atoms with van der Waals surface area (Å²) in [7, 11) is 0. The normalized spacial score (nSPS) is 10.8. The van der Waals surface area contributed by atoms with Gasteiger partial charge in [0.2, 0.25) is 0 Å².